The molecule has 0 atom stereocenters. The first-order chi connectivity index (χ1) is 8.88. The van der Waals surface area contributed by atoms with Gasteiger partial charge >= 0.3 is 0 Å². The maximum absolute atomic E-state index is 4.31. The molecule has 6 heteroatoms. The van der Waals surface area contributed by atoms with E-state index in [1.807, 2.05) is 12.1 Å². The molecule has 0 aliphatic carbocycles. The molecule has 0 saturated heterocycles. The van der Waals surface area contributed by atoms with Gasteiger partial charge in [0.2, 0.25) is 5.95 Å². The van der Waals surface area contributed by atoms with Gasteiger partial charge in [-0.25, -0.2) is 0 Å². The number of hydrogen-bond acceptors (Lipinski definition) is 6. The van der Waals surface area contributed by atoms with Crippen LogP contribution in [0.1, 0.15) is 18.9 Å². The summed E-state index contributed by atoms with van der Waals surface area (Å²) in [5.74, 6) is 1.25. The number of hydrogen-bond donors (Lipinski definition) is 2. The van der Waals surface area contributed by atoms with Crippen LogP contribution in [0.25, 0.3) is 0 Å². The van der Waals surface area contributed by atoms with Crippen LogP contribution in [-0.2, 0) is 6.54 Å². The minimum atomic E-state index is 0.514. The first-order valence-electron chi connectivity index (χ1n) is 5.95. The lowest BCUT2D eigenvalue weighted by Crippen LogP contribution is -2.08. The van der Waals surface area contributed by atoms with Crippen LogP contribution in [0.4, 0.5) is 11.8 Å². The van der Waals surface area contributed by atoms with Gasteiger partial charge in [0.15, 0.2) is 0 Å². The fourth-order valence-electron chi connectivity index (χ4n) is 1.40. The molecule has 2 aromatic rings. The molecule has 0 unspecified atom stereocenters. The van der Waals surface area contributed by atoms with Crippen molar-refractivity contribution < 1.29 is 0 Å². The standard InChI is InChI=1S/C12H16N6/c1-2-5-14-11-9-16-18-12(17-11)15-8-10-4-3-6-13-7-10/h3-4,6-7,9H,2,5,8H2,1H3,(H2,14,15,17,18). The average Bonchev–Trinajstić information content (AvgIpc) is 2.44. The molecule has 0 saturated carbocycles. The van der Waals surface area contributed by atoms with Gasteiger partial charge in [0.05, 0.1) is 6.20 Å². The molecule has 0 spiro atoms. The van der Waals surface area contributed by atoms with Gasteiger partial charge in [-0.3, -0.25) is 4.98 Å². The molecule has 0 bridgehead atoms. The van der Waals surface area contributed by atoms with Crippen LogP contribution in [0.3, 0.4) is 0 Å². The first kappa shape index (κ1) is 12.2. The average molecular weight is 244 g/mol. The van der Waals surface area contributed by atoms with Crippen molar-refractivity contribution in [1.82, 2.24) is 20.2 Å². The molecule has 2 heterocycles. The zero-order valence-corrected chi connectivity index (χ0v) is 10.3. The monoisotopic (exact) mass is 244 g/mol. The minimum absolute atomic E-state index is 0.514. The van der Waals surface area contributed by atoms with E-state index >= 15 is 0 Å². The second-order valence-electron chi connectivity index (χ2n) is 3.81. The lowest BCUT2D eigenvalue weighted by Gasteiger charge is -2.06. The molecule has 0 fully saturated rings. The highest BCUT2D eigenvalue weighted by Crippen LogP contribution is 2.05. The van der Waals surface area contributed by atoms with Crippen LogP contribution in [0.15, 0.2) is 30.7 Å². The number of anilines is 2. The van der Waals surface area contributed by atoms with E-state index in [1.165, 1.54) is 0 Å². The molecule has 94 valence electrons. The third-order valence-electron chi connectivity index (χ3n) is 2.29. The summed E-state index contributed by atoms with van der Waals surface area (Å²) in [4.78, 5) is 8.36. The predicted molar refractivity (Wildman–Crippen MR) is 70.2 cm³/mol. The van der Waals surface area contributed by atoms with Crippen molar-refractivity contribution >= 4 is 11.8 Å². The third-order valence-corrected chi connectivity index (χ3v) is 2.29. The number of nitrogens with zero attached hydrogens (tertiary/aromatic N) is 4. The normalized spacial score (nSPS) is 10.1. The Labute approximate surface area is 106 Å². The van der Waals surface area contributed by atoms with Crippen molar-refractivity contribution in [3.8, 4) is 0 Å². The summed E-state index contributed by atoms with van der Waals surface area (Å²) in [6, 6.07) is 3.89. The van der Waals surface area contributed by atoms with Gasteiger partial charge in [0, 0.05) is 25.5 Å². The van der Waals surface area contributed by atoms with Crippen LogP contribution in [0, 0.1) is 0 Å². The van der Waals surface area contributed by atoms with Crippen molar-refractivity contribution in [3.05, 3.63) is 36.3 Å². The summed E-state index contributed by atoms with van der Waals surface area (Å²) in [5, 5.41) is 14.1. The number of rotatable bonds is 6. The Bertz CT molecular complexity index is 473. The van der Waals surface area contributed by atoms with E-state index in [2.05, 4.69) is 37.7 Å². The van der Waals surface area contributed by atoms with E-state index in [0.717, 1.165) is 24.3 Å². The Morgan fingerprint density at radius 3 is 2.94 bits per heavy atom. The molecular weight excluding hydrogens is 228 g/mol. The Hall–Kier alpha value is -2.24. The second-order valence-corrected chi connectivity index (χ2v) is 3.81. The van der Waals surface area contributed by atoms with Gasteiger partial charge in [0.25, 0.3) is 0 Å². The summed E-state index contributed by atoms with van der Waals surface area (Å²) in [7, 11) is 0. The Kier molecular flexibility index (Phi) is 4.40. The van der Waals surface area contributed by atoms with E-state index < -0.39 is 0 Å². The number of pyridine rings is 1. The van der Waals surface area contributed by atoms with Crippen LogP contribution < -0.4 is 10.6 Å². The highest BCUT2D eigenvalue weighted by atomic mass is 15.3. The molecule has 2 N–H and O–H groups in total. The topological polar surface area (TPSA) is 75.6 Å². The molecule has 18 heavy (non-hydrogen) atoms. The fourth-order valence-corrected chi connectivity index (χ4v) is 1.40. The Balaban J connectivity index is 1.93. The van der Waals surface area contributed by atoms with Crippen molar-refractivity contribution in [2.75, 3.05) is 17.2 Å². The number of nitrogens with one attached hydrogen (secondary N) is 2. The smallest absolute Gasteiger partial charge is 0.244 e. The van der Waals surface area contributed by atoms with E-state index in [-0.39, 0.29) is 0 Å². The maximum atomic E-state index is 4.31. The van der Waals surface area contributed by atoms with Gasteiger partial charge in [-0.05, 0) is 18.1 Å². The SMILES string of the molecule is CCCNc1cnnc(NCc2cccnc2)n1. The molecular formula is C12H16N6. The number of aromatic nitrogens is 4. The van der Waals surface area contributed by atoms with E-state index in [0.29, 0.717) is 12.5 Å². The Morgan fingerprint density at radius 1 is 1.22 bits per heavy atom. The fraction of sp³-hybridized carbons (Fsp3) is 0.333. The van der Waals surface area contributed by atoms with Gasteiger partial charge < -0.3 is 10.6 Å². The molecule has 2 rings (SSSR count). The molecule has 0 radical (unpaired) electrons. The van der Waals surface area contributed by atoms with Crippen molar-refractivity contribution in [2.45, 2.75) is 19.9 Å². The Morgan fingerprint density at radius 2 is 2.17 bits per heavy atom. The van der Waals surface area contributed by atoms with Crippen LogP contribution >= 0.6 is 0 Å². The van der Waals surface area contributed by atoms with Crippen LogP contribution in [-0.4, -0.2) is 26.7 Å². The quantitative estimate of drug-likeness (QED) is 0.805. The molecule has 0 aliphatic heterocycles. The molecule has 6 nitrogen and oxygen atoms in total. The zero-order chi connectivity index (χ0) is 12.6. The predicted octanol–water partition coefficient (Wildman–Crippen LogP) is 1.70. The lowest BCUT2D eigenvalue weighted by molar-refractivity contribution is 0.918. The van der Waals surface area contributed by atoms with Gasteiger partial charge in [0.1, 0.15) is 5.82 Å². The maximum Gasteiger partial charge on any atom is 0.244 e. The zero-order valence-electron chi connectivity index (χ0n) is 10.3. The van der Waals surface area contributed by atoms with Gasteiger partial charge in [-0.15, -0.1) is 5.10 Å². The van der Waals surface area contributed by atoms with Crippen LogP contribution in [0.2, 0.25) is 0 Å². The van der Waals surface area contributed by atoms with Gasteiger partial charge in [-0.2, -0.15) is 10.1 Å². The van der Waals surface area contributed by atoms with Crippen molar-refractivity contribution in [1.29, 1.82) is 0 Å². The van der Waals surface area contributed by atoms with Gasteiger partial charge in [-0.1, -0.05) is 13.0 Å². The van der Waals surface area contributed by atoms with E-state index in [4.69, 9.17) is 0 Å². The highest BCUT2D eigenvalue weighted by Gasteiger charge is 1.99. The van der Waals surface area contributed by atoms with Crippen molar-refractivity contribution in [2.24, 2.45) is 0 Å². The lowest BCUT2D eigenvalue weighted by atomic mass is 10.3. The summed E-state index contributed by atoms with van der Waals surface area (Å²) in [6.07, 6.45) is 6.21. The highest BCUT2D eigenvalue weighted by molar-refractivity contribution is 5.37. The second kappa shape index (κ2) is 6.48. The summed E-state index contributed by atoms with van der Waals surface area (Å²) in [6.45, 7) is 3.61. The van der Waals surface area contributed by atoms with E-state index in [9.17, 15) is 0 Å². The third kappa shape index (κ3) is 3.65. The molecule has 0 amide bonds. The minimum Gasteiger partial charge on any atom is -0.369 e. The first-order valence-corrected chi connectivity index (χ1v) is 5.95. The van der Waals surface area contributed by atoms with E-state index in [1.54, 1.807) is 18.6 Å². The molecule has 0 aliphatic rings. The summed E-state index contributed by atoms with van der Waals surface area (Å²) >= 11 is 0. The van der Waals surface area contributed by atoms with Crippen molar-refractivity contribution in [3.63, 3.8) is 0 Å². The largest absolute Gasteiger partial charge is 0.369 e. The summed E-state index contributed by atoms with van der Waals surface area (Å²) in [5.41, 5.74) is 1.08. The molecule has 0 aromatic carbocycles. The molecule has 2 aromatic heterocycles. The van der Waals surface area contributed by atoms with Crippen LogP contribution in [0.5, 0.6) is 0 Å². The summed E-state index contributed by atoms with van der Waals surface area (Å²) < 4.78 is 0.